The van der Waals surface area contributed by atoms with Gasteiger partial charge >= 0.3 is 37.7 Å². The zero-order chi connectivity index (χ0) is 52.1. The minimum absolute atomic E-state index is 0. The van der Waals surface area contributed by atoms with Gasteiger partial charge in [0.15, 0.2) is 5.75 Å². The fourth-order valence-corrected chi connectivity index (χ4v) is 9.23. The summed E-state index contributed by atoms with van der Waals surface area (Å²) >= 11 is 12.3. The number of carbonyl (C=O) groups is 2. The minimum Gasteiger partial charge on any atom is -0.870 e. The van der Waals surface area contributed by atoms with Crippen molar-refractivity contribution in [1.82, 2.24) is 0 Å². The van der Waals surface area contributed by atoms with Crippen LogP contribution in [0.15, 0.2) is 164 Å². The number of ether oxygens (including phenoxy) is 2. The molecule has 8 rings (SSSR count). The number of halogens is 2. The Morgan fingerprint density at radius 1 is 0.575 bits per heavy atom. The minimum atomic E-state index is -4.86. The summed E-state index contributed by atoms with van der Waals surface area (Å²) in [6, 6.07) is 35.0. The maximum absolute atomic E-state index is 13.3. The summed E-state index contributed by atoms with van der Waals surface area (Å²) in [4.78, 5) is 24.8. The van der Waals surface area contributed by atoms with Gasteiger partial charge in [-0.15, -0.1) is 15.3 Å². The van der Waals surface area contributed by atoms with E-state index in [1.807, 2.05) is 0 Å². The summed E-state index contributed by atoms with van der Waals surface area (Å²) in [6.07, 6.45) is 0. The number of benzene rings is 8. The van der Waals surface area contributed by atoms with Crippen LogP contribution >= 0.6 is 23.2 Å². The van der Waals surface area contributed by atoms with Gasteiger partial charge in [-0.25, -0.2) is 8.42 Å². The summed E-state index contributed by atoms with van der Waals surface area (Å²) in [5.74, 6) is -1.12. The second kappa shape index (κ2) is 23.4. The molecular weight excluding hydrogens is 1050 g/mol. The number of amides is 2. The van der Waals surface area contributed by atoms with Crippen LogP contribution in [0.5, 0.6) is 23.0 Å². The van der Waals surface area contributed by atoms with Gasteiger partial charge in [0.25, 0.3) is 21.9 Å². The quantitative estimate of drug-likeness (QED) is 0.0505. The van der Waals surface area contributed by atoms with Gasteiger partial charge in [0.05, 0.1) is 40.4 Å². The Balaban J connectivity index is 0.000000235. The Morgan fingerprint density at radius 3 is 1.44 bits per heavy atom. The number of aryl methyl sites for hydroxylation is 2. The van der Waals surface area contributed by atoms with Crippen LogP contribution in [0, 0.1) is 13.8 Å². The number of phenolic OH excluding ortho intramolecular Hbond substituents is 1. The first-order valence-electron chi connectivity index (χ1n) is 20.9. The van der Waals surface area contributed by atoms with E-state index in [2.05, 4.69) is 31.1 Å². The van der Waals surface area contributed by atoms with Crippen LogP contribution < -0.4 is 25.2 Å². The number of methoxy groups -OCH3 is 2. The molecule has 8 aromatic carbocycles. The van der Waals surface area contributed by atoms with Crippen LogP contribution in [0.3, 0.4) is 0 Å². The van der Waals surface area contributed by atoms with Crippen molar-refractivity contribution < 1.29 is 55.2 Å². The first-order chi connectivity index (χ1) is 34.2. The molecule has 0 aliphatic carbocycles. The third-order valence-electron chi connectivity index (χ3n) is 10.8. The third kappa shape index (κ3) is 12.7. The normalized spacial score (nSPS) is 11.5. The van der Waals surface area contributed by atoms with Crippen molar-refractivity contribution in [3.63, 3.8) is 0 Å². The molecule has 0 bridgehead atoms. The number of anilines is 2. The van der Waals surface area contributed by atoms with Crippen LogP contribution in [0.4, 0.5) is 34.1 Å². The van der Waals surface area contributed by atoms with Crippen molar-refractivity contribution in [2.24, 2.45) is 20.5 Å². The van der Waals surface area contributed by atoms with Gasteiger partial charge in [0.1, 0.15) is 43.6 Å². The number of rotatable bonds is 12. The predicted molar refractivity (Wildman–Crippen MR) is 275 cm³/mol. The summed E-state index contributed by atoms with van der Waals surface area (Å²) < 4.78 is 77.4. The maximum Gasteiger partial charge on any atom is 2.00 e. The van der Waals surface area contributed by atoms with E-state index < -0.39 is 58.4 Å². The molecule has 4 N–H and O–H groups in total. The van der Waals surface area contributed by atoms with Gasteiger partial charge in [-0.2, -0.15) is 13.5 Å². The molecule has 0 atom stereocenters. The predicted octanol–water partition coefficient (Wildman–Crippen LogP) is 11.5. The number of azo groups is 2. The maximum atomic E-state index is 13.3. The Morgan fingerprint density at radius 2 is 0.973 bits per heavy atom. The van der Waals surface area contributed by atoms with E-state index in [4.69, 9.17) is 32.7 Å². The molecule has 0 saturated carbocycles. The summed E-state index contributed by atoms with van der Waals surface area (Å²) in [5.41, 5.74) is 1.39. The standard InChI is InChI=1S/2C25H20ClN3O6S.Ca/c2*1-14-7-12-20(36(32,33)34)21(26)22(14)28-29-23-18-6-4-3-5-15(18)13-19(24(23)30)25(31)27-16-8-10-17(35-2)11-9-16;/h2*3-13,30H,1-2H3,(H,27,31)(H,32,33,34);/q;;+2/p-2. The molecule has 0 heterocycles. The van der Waals surface area contributed by atoms with E-state index in [0.29, 0.717) is 55.5 Å². The first-order valence-corrected chi connectivity index (χ1v) is 24.5. The molecule has 0 unspecified atom stereocenters. The zero-order valence-corrected chi connectivity index (χ0v) is 44.1. The first kappa shape index (κ1) is 55.6. The summed E-state index contributed by atoms with van der Waals surface area (Å²) in [6.45, 7) is 3.22. The van der Waals surface area contributed by atoms with Crippen molar-refractivity contribution in [3.05, 3.63) is 166 Å². The number of nitrogens with one attached hydrogen (secondary N) is 2. The molecule has 0 radical (unpaired) electrons. The number of nitrogens with zero attached hydrogens (tertiary/aromatic N) is 4. The molecular formula is C50H38CaCl2N6O12S2. The van der Waals surface area contributed by atoms with E-state index in [9.17, 15) is 45.7 Å². The van der Waals surface area contributed by atoms with Crippen LogP contribution in [0.1, 0.15) is 31.8 Å². The van der Waals surface area contributed by atoms with E-state index in [1.54, 1.807) is 111 Å². The van der Waals surface area contributed by atoms with E-state index >= 15 is 0 Å². The van der Waals surface area contributed by atoms with Crippen molar-refractivity contribution in [3.8, 4) is 23.0 Å². The average Bonchev–Trinajstić information content (AvgIpc) is 3.34. The summed E-state index contributed by atoms with van der Waals surface area (Å²) in [5, 5.41) is 47.4. The average molecular weight is 1090 g/mol. The second-order valence-corrected chi connectivity index (χ2v) is 18.9. The largest absolute Gasteiger partial charge is 2.00 e. The molecule has 0 aliphatic rings. The smallest absolute Gasteiger partial charge is 0.870 e. The van der Waals surface area contributed by atoms with Crippen molar-refractivity contribution in [2.75, 3.05) is 24.9 Å². The molecule has 0 aromatic heterocycles. The second-order valence-electron chi connectivity index (χ2n) is 15.4. The third-order valence-corrected chi connectivity index (χ3v) is 13.5. The number of carbonyl (C=O) groups excluding carboxylic acids is 2. The van der Waals surface area contributed by atoms with E-state index in [1.165, 1.54) is 38.5 Å². The Kier molecular flexibility index (Phi) is 17.8. The number of phenols is 1. The Labute approximate surface area is 457 Å². The molecule has 0 saturated heterocycles. The van der Waals surface area contributed by atoms with Gasteiger partial charge in [0, 0.05) is 27.7 Å². The molecule has 0 spiro atoms. The van der Waals surface area contributed by atoms with E-state index in [-0.39, 0.29) is 76.6 Å². The zero-order valence-electron chi connectivity index (χ0n) is 38.7. The molecule has 2 amide bonds. The van der Waals surface area contributed by atoms with Gasteiger partial charge in [-0.3, -0.25) is 14.1 Å². The van der Waals surface area contributed by atoms with Crippen molar-refractivity contribution >= 4 is 149 Å². The molecule has 18 nitrogen and oxygen atoms in total. The molecule has 0 aliphatic heterocycles. The topological polar surface area (TPSA) is 281 Å². The van der Waals surface area contributed by atoms with Crippen LogP contribution in [-0.4, -0.2) is 94.8 Å². The number of hydrogen-bond donors (Lipinski definition) is 4. The molecule has 23 heteroatoms. The fraction of sp³-hybridized carbons (Fsp3) is 0.0800. The molecule has 368 valence electrons. The van der Waals surface area contributed by atoms with Gasteiger partial charge < -0.3 is 34.9 Å². The van der Waals surface area contributed by atoms with E-state index in [0.717, 1.165) is 12.1 Å². The van der Waals surface area contributed by atoms with Crippen molar-refractivity contribution in [2.45, 2.75) is 23.6 Å². The molecule has 8 aromatic rings. The number of aromatic hydroxyl groups is 1. The monoisotopic (exact) mass is 1090 g/mol. The van der Waals surface area contributed by atoms with Gasteiger partial charge in [0.2, 0.25) is 0 Å². The van der Waals surface area contributed by atoms with Crippen molar-refractivity contribution in [1.29, 1.82) is 0 Å². The molecule has 73 heavy (non-hydrogen) atoms. The van der Waals surface area contributed by atoms with Crippen LogP contribution in [0.25, 0.3) is 21.5 Å². The van der Waals surface area contributed by atoms with Gasteiger partial charge in [-0.1, -0.05) is 89.6 Å². The number of hydrogen-bond acceptors (Lipinski definition) is 15. The van der Waals surface area contributed by atoms with Crippen LogP contribution in [-0.2, 0) is 20.2 Å². The summed E-state index contributed by atoms with van der Waals surface area (Å²) in [7, 11) is -6.40. The fourth-order valence-electron chi connectivity index (χ4n) is 7.04. The van der Waals surface area contributed by atoms with Crippen LogP contribution in [0.2, 0.25) is 10.0 Å². The molecule has 0 fully saturated rings. The SMILES string of the molecule is COc1ccc(NC(=O)c2cc3ccccc3c(N=Nc3c(C)ccc(S(=O)(=O)O)c3Cl)c2O)cc1.COc1ccc(NC(=O)c2cc3ccccc3c(N=Nc3c(C)ccc(S(=O)(=O)[O-])c3Cl)c2[O-])cc1.[Ca+2]. The Bertz CT molecular complexity index is 3490. The number of fused-ring (bicyclic) bond motifs is 2. The Hall–Kier alpha value is -6.72. The van der Waals surface area contributed by atoms with Gasteiger partial charge in [-0.05, 0) is 109 Å².